The lowest BCUT2D eigenvalue weighted by Crippen LogP contribution is -2.29. The molecule has 2 aromatic rings. The molecule has 0 fully saturated rings. The third-order valence-electron chi connectivity index (χ3n) is 2.93. The Bertz CT molecular complexity index is 681. The molecule has 2 amide bonds. The first-order valence-corrected chi connectivity index (χ1v) is 7.33. The van der Waals surface area contributed by atoms with E-state index in [1.54, 1.807) is 6.92 Å². The summed E-state index contributed by atoms with van der Waals surface area (Å²) < 4.78 is 0. The number of aryl methyl sites for hydroxylation is 3. The van der Waals surface area contributed by atoms with Crippen LogP contribution in [0, 0.1) is 13.8 Å². The van der Waals surface area contributed by atoms with Crippen LogP contribution >= 0.6 is 11.3 Å². The first-order valence-electron chi connectivity index (χ1n) is 6.52. The second-order valence-electron chi connectivity index (χ2n) is 4.50. The van der Waals surface area contributed by atoms with E-state index in [0.29, 0.717) is 10.8 Å². The molecule has 1 aromatic carbocycles. The Hall–Kier alpha value is -2.28. The monoisotopic (exact) mass is 304 g/mol. The normalized spacial score (nSPS) is 10.2. The number of para-hydroxylation sites is 1. The predicted molar refractivity (Wildman–Crippen MR) is 82.5 cm³/mol. The molecule has 0 unspecified atom stereocenters. The van der Waals surface area contributed by atoms with Crippen LogP contribution in [0.5, 0.6) is 0 Å². The number of rotatable bonds is 3. The van der Waals surface area contributed by atoms with E-state index in [1.807, 2.05) is 32.0 Å². The van der Waals surface area contributed by atoms with Crippen molar-refractivity contribution in [2.75, 3.05) is 10.6 Å². The summed E-state index contributed by atoms with van der Waals surface area (Å²) in [5, 5.41) is 13.7. The molecule has 0 aliphatic carbocycles. The summed E-state index contributed by atoms with van der Waals surface area (Å²) in [6.45, 7) is 5.66. The summed E-state index contributed by atoms with van der Waals surface area (Å²) in [5.41, 5.74) is 2.60. The molecule has 0 aliphatic rings. The topological polar surface area (TPSA) is 84.0 Å². The number of hydrogen-bond acceptors (Lipinski definition) is 5. The second kappa shape index (κ2) is 6.45. The Morgan fingerprint density at radius 3 is 2.48 bits per heavy atom. The molecule has 0 spiro atoms. The number of nitrogens with zero attached hydrogens (tertiary/aromatic N) is 2. The number of amides is 2. The highest BCUT2D eigenvalue weighted by Crippen LogP contribution is 2.21. The van der Waals surface area contributed by atoms with Crippen LogP contribution in [0.15, 0.2) is 18.2 Å². The van der Waals surface area contributed by atoms with Gasteiger partial charge in [-0.25, -0.2) is 0 Å². The third-order valence-corrected chi connectivity index (χ3v) is 3.69. The average Bonchev–Trinajstić information content (AvgIpc) is 2.86. The maximum Gasteiger partial charge on any atom is 0.315 e. The number of nitrogens with one attached hydrogen (secondary N) is 2. The molecule has 7 heteroatoms. The maximum absolute atomic E-state index is 12.0. The smallest absolute Gasteiger partial charge is 0.315 e. The van der Waals surface area contributed by atoms with E-state index < -0.39 is 11.8 Å². The van der Waals surface area contributed by atoms with Crippen LogP contribution in [-0.2, 0) is 16.0 Å². The van der Waals surface area contributed by atoms with Gasteiger partial charge in [-0.15, -0.1) is 10.2 Å². The van der Waals surface area contributed by atoms with E-state index in [1.165, 1.54) is 11.3 Å². The minimum atomic E-state index is -0.753. The van der Waals surface area contributed by atoms with Crippen LogP contribution in [0.25, 0.3) is 0 Å². The summed E-state index contributed by atoms with van der Waals surface area (Å²) in [6.07, 6.45) is 0.772. The highest BCUT2D eigenvalue weighted by molar-refractivity contribution is 7.15. The van der Waals surface area contributed by atoms with Gasteiger partial charge in [-0.2, -0.15) is 0 Å². The van der Waals surface area contributed by atoms with Gasteiger partial charge in [0, 0.05) is 5.69 Å². The fraction of sp³-hybridized carbons (Fsp3) is 0.286. The van der Waals surface area contributed by atoms with Crippen LogP contribution in [0.3, 0.4) is 0 Å². The van der Waals surface area contributed by atoms with Crippen LogP contribution in [0.2, 0.25) is 0 Å². The molecule has 21 heavy (non-hydrogen) atoms. The molecule has 6 nitrogen and oxygen atoms in total. The number of benzene rings is 1. The molecule has 0 saturated heterocycles. The average molecular weight is 304 g/mol. The molecule has 0 atom stereocenters. The number of anilines is 2. The van der Waals surface area contributed by atoms with Gasteiger partial charge in [-0.05, 0) is 31.4 Å². The standard InChI is InChI=1S/C14H16N4O2S/c1-4-10-7-5-6-8(2)11(10)15-12(19)13(20)16-14-18-17-9(3)21-14/h5-7H,4H2,1-3H3,(H,15,19)(H,16,18,20). The summed E-state index contributed by atoms with van der Waals surface area (Å²) in [5.74, 6) is -1.47. The summed E-state index contributed by atoms with van der Waals surface area (Å²) >= 11 is 1.22. The Morgan fingerprint density at radius 1 is 1.14 bits per heavy atom. The van der Waals surface area contributed by atoms with E-state index in [4.69, 9.17) is 0 Å². The van der Waals surface area contributed by atoms with Crippen LogP contribution in [0.4, 0.5) is 10.8 Å². The van der Waals surface area contributed by atoms with Gasteiger partial charge < -0.3 is 5.32 Å². The van der Waals surface area contributed by atoms with Crippen LogP contribution in [-0.4, -0.2) is 22.0 Å². The molecule has 1 aromatic heterocycles. The third kappa shape index (κ3) is 3.63. The molecule has 2 rings (SSSR count). The lowest BCUT2D eigenvalue weighted by molar-refractivity contribution is -0.133. The van der Waals surface area contributed by atoms with Crippen molar-refractivity contribution in [1.29, 1.82) is 0 Å². The van der Waals surface area contributed by atoms with Crippen molar-refractivity contribution >= 4 is 34.0 Å². The van der Waals surface area contributed by atoms with Crippen molar-refractivity contribution in [2.24, 2.45) is 0 Å². The highest BCUT2D eigenvalue weighted by atomic mass is 32.1. The predicted octanol–water partition coefficient (Wildman–Crippen LogP) is 2.29. The Kier molecular flexibility index (Phi) is 4.64. The van der Waals surface area contributed by atoms with Crippen molar-refractivity contribution in [3.8, 4) is 0 Å². The minimum Gasteiger partial charge on any atom is -0.317 e. The largest absolute Gasteiger partial charge is 0.317 e. The maximum atomic E-state index is 12.0. The molecule has 0 saturated carbocycles. The van der Waals surface area contributed by atoms with Crippen molar-refractivity contribution in [1.82, 2.24) is 10.2 Å². The van der Waals surface area contributed by atoms with Gasteiger partial charge in [0.2, 0.25) is 5.13 Å². The molecule has 0 aliphatic heterocycles. The Labute approximate surface area is 126 Å². The van der Waals surface area contributed by atoms with E-state index in [2.05, 4.69) is 20.8 Å². The van der Waals surface area contributed by atoms with Crippen LogP contribution < -0.4 is 10.6 Å². The van der Waals surface area contributed by atoms with Gasteiger partial charge >= 0.3 is 11.8 Å². The summed E-state index contributed by atoms with van der Waals surface area (Å²) in [7, 11) is 0. The van der Waals surface area contributed by atoms with Gasteiger partial charge in [0.1, 0.15) is 5.01 Å². The van der Waals surface area contributed by atoms with Crippen molar-refractivity contribution in [3.63, 3.8) is 0 Å². The number of carbonyl (C=O) groups is 2. The molecule has 2 N–H and O–H groups in total. The number of hydrogen-bond donors (Lipinski definition) is 2. The number of carbonyl (C=O) groups excluding carboxylic acids is 2. The van der Waals surface area contributed by atoms with Crippen molar-refractivity contribution < 1.29 is 9.59 Å². The molecule has 110 valence electrons. The second-order valence-corrected chi connectivity index (χ2v) is 5.68. The van der Waals surface area contributed by atoms with E-state index >= 15 is 0 Å². The first kappa shape index (κ1) is 15.1. The van der Waals surface area contributed by atoms with E-state index in [0.717, 1.165) is 22.6 Å². The van der Waals surface area contributed by atoms with Gasteiger partial charge in [0.05, 0.1) is 0 Å². The summed E-state index contributed by atoms with van der Waals surface area (Å²) in [6, 6.07) is 5.74. The zero-order valence-electron chi connectivity index (χ0n) is 12.1. The van der Waals surface area contributed by atoms with Gasteiger partial charge in [0.25, 0.3) is 0 Å². The van der Waals surface area contributed by atoms with Crippen LogP contribution in [0.1, 0.15) is 23.1 Å². The number of aromatic nitrogens is 2. The van der Waals surface area contributed by atoms with Gasteiger partial charge in [0.15, 0.2) is 0 Å². The lowest BCUT2D eigenvalue weighted by atomic mass is 10.1. The molecular formula is C14H16N4O2S. The van der Waals surface area contributed by atoms with E-state index in [-0.39, 0.29) is 0 Å². The quantitative estimate of drug-likeness (QED) is 0.852. The van der Waals surface area contributed by atoms with Crippen molar-refractivity contribution in [2.45, 2.75) is 27.2 Å². The molecule has 0 bridgehead atoms. The SMILES string of the molecule is CCc1cccc(C)c1NC(=O)C(=O)Nc1nnc(C)s1. The van der Waals surface area contributed by atoms with Gasteiger partial charge in [-0.1, -0.05) is 36.5 Å². The van der Waals surface area contributed by atoms with Crippen molar-refractivity contribution in [3.05, 3.63) is 34.3 Å². The fourth-order valence-corrected chi connectivity index (χ4v) is 2.46. The molecule has 1 heterocycles. The first-order chi connectivity index (χ1) is 10.0. The lowest BCUT2D eigenvalue weighted by Gasteiger charge is -2.12. The zero-order valence-corrected chi connectivity index (χ0v) is 12.9. The minimum absolute atomic E-state index is 0.313. The van der Waals surface area contributed by atoms with E-state index in [9.17, 15) is 9.59 Å². The highest BCUT2D eigenvalue weighted by Gasteiger charge is 2.17. The zero-order chi connectivity index (χ0) is 15.4. The summed E-state index contributed by atoms with van der Waals surface area (Å²) in [4.78, 5) is 23.8. The Balaban J connectivity index is 2.09. The Morgan fingerprint density at radius 2 is 1.86 bits per heavy atom. The fourth-order valence-electron chi connectivity index (χ4n) is 1.87. The molecular weight excluding hydrogens is 288 g/mol. The van der Waals surface area contributed by atoms with Gasteiger partial charge in [-0.3, -0.25) is 14.9 Å². The molecule has 0 radical (unpaired) electrons.